The monoisotopic (exact) mass is 246 g/mol. The van der Waals surface area contributed by atoms with Crippen LogP contribution in [-0.4, -0.2) is 36.4 Å². The summed E-state index contributed by atoms with van der Waals surface area (Å²) in [5.41, 5.74) is 0. The van der Waals surface area contributed by atoms with E-state index >= 15 is 0 Å². The third kappa shape index (κ3) is 13.6. The van der Waals surface area contributed by atoms with Gasteiger partial charge in [0.2, 0.25) is 0 Å². The Kier molecular flexibility index (Phi) is 5.59. The molecule has 0 spiro atoms. The lowest BCUT2D eigenvalue weighted by molar-refractivity contribution is -0.197. The predicted octanol–water partition coefficient (Wildman–Crippen LogP) is 0.730. The van der Waals surface area contributed by atoms with Crippen molar-refractivity contribution in [1.29, 1.82) is 0 Å². The molecule has 0 saturated carbocycles. The maximum Gasteiger partial charge on any atom is 0.435 e. The van der Waals surface area contributed by atoms with Gasteiger partial charge in [-0.25, -0.2) is 9.18 Å². The third-order valence-electron chi connectivity index (χ3n) is 0.504. The van der Waals surface area contributed by atoms with Crippen LogP contribution in [0.5, 0.6) is 0 Å². The lowest BCUT2D eigenvalue weighted by Crippen LogP contribution is -2.32. The van der Waals surface area contributed by atoms with E-state index in [9.17, 15) is 26.2 Å². The van der Waals surface area contributed by atoms with Crippen LogP contribution >= 0.6 is 0 Å². The minimum absolute atomic E-state index is 2.51. The summed E-state index contributed by atoms with van der Waals surface area (Å²) in [5.74, 6) is -2.51. The van der Waals surface area contributed by atoms with Gasteiger partial charge in [-0.2, -0.15) is 21.6 Å². The number of carboxylic acid groups (broad SMARTS) is 1. The molecule has 0 fully saturated rings. The number of carbonyl (C=O) groups is 1. The molecule has 2 N–H and O–H groups in total. The second-order valence-corrected chi connectivity index (χ2v) is 2.48. The molecule has 0 aromatic carbocycles. The highest BCUT2D eigenvalue weighted by Gasteiger charge is 2.45. The fourth-order valence-electron chi connectivity index (χ4n) is 0.140. The zero-order chi connectivity index (χ0) is 12.2. The van der Waals surface area contributed by atoms with E-state index in [4.69, 9.17) is 18.1 Å². The molecule has 0 aliphatic heterocycles. The van der Waals surface area contributed by atoms with E-state index in [1.54, 1.807) is 0 Å². The van der Waals surface area contributed by atoms with E-state index in [1.807, 2.05) is 0 Å². The van der Waals surface area contributed by atoms with E-state index in [0.717, 1.165) is 0 Å². The molecular formula is C3H3F5O5S. The van der Waals surface area contributed by atoms with Gasteiger partial charge in [-0.05, 0) is 0 Å². The number of alkyl halides is 4. The van der Waals surface area contributed by atoms with Crippen LogP contribution in [0.15, 0.2) is 0 Å². The van der Waals surface area contributed by atoms with Crippen LogP contribution in [-0.2, 0) is 15.3 Å². The molecule has 0 radical (unpaired) electrons. The minimum Gasteiger partial charge on any atom is -0.479 e. The Bertz CT molecular complexity index is 272. The zero-order valence-corrected chi connectivity index (χ0v) is 6.81. The summed E-state index contributed by atoms with van der Waals surface area (Å²) in [6.45, 7) is 0. The summed E-state index contributed by atoms with van der Waals surface area (Å²) >= 11 is 0. The highest BCUT2D eigenvalue weighted by molar-refractivity contribution is 7.80. The number of hydrogen-bond acceptors (Lipinski definition) is 3. The van der Waals surface area contributed by atoms with Crippen molar-refractivity contribution in [3.8, 4) is 0 Å². The first-order chi connectivity index (χ1) is 5.85. The smallest absolute Gasteiger partial charge is 0.435 e. The van der Waals surface area contributed by atoms with Crippen molar-refractivity contribution in [3.63, 3.8) is 0 Å². The number of aliphatic carboxylic acids is 1. The maximum atomic E-state index is 11.3. The average molecular weight is 246 g/mol. The molecule has 0 heterocycles. The van der Waals surface area contributed by atoms with Gasteiger partial charge in [0.25, 0.3) is 6.17 Å². The van der Waals surface area contributed by atoms with Crippen molar-refractivity contribution >= 4 is 16.5 Å². The van der Waals surface area contributed by atoms with E-state index < -0.39 is 28.8 Å². The second kappa shape index (κ2) is 5.05. The molecule has 0 aliphatic carbocycles. The van der Waals surface area contributed by atoms with Gasteiger partial charge in [-0.1, -0.05) is 3.89 Å². The fraction of sp³-hybridized carbons (Fsp3) is 0.667. The minimum atomic E-state index is -5.29. The van der Waals surface area contributed by atoms with Gasteiger partial charge in [0.1, 0.15) is 0 Å². The topological polar surface area (TPSA) is 91.7 Å². The van der Waals surface area contributed by atoms with Crippen molar-refractivity contribution in [2.75, 3.05) is 0 Å². The van der Waals surface area contributed by atoms with Crippen molar-refractivity contribution in [3.05, 3.63) is 0 Å². The molecule has 5 nitrogen and oxygen atoms in total. The van der Waals surface area contributed by atoms with Crippen LogP contribution < -0.4 is 0 Å². The third-order valence-corrected chi connectivity index (χ3v) is 0.504. The standard InChI is InChI=1S/C3H2F4O2.FHO3S/c4-1(2(8)9)3(5,6)7;1-5(2,3)4/h1H,(H,8,9);(H,2,3,4). The van der Waals surface area contributed by atoms with Crippen LogP contribution in [0, 0.1) is 0 Å². The quantitative estimate of drug-likeness (QED) is 0.404. The Morgan fingerprint density at radius 2 is 1.50 bits per heavy atom. The highest BCUT2D eigenvalue weighted by Crippen LogP contribution is 2.22. The van der Waals surface area contributed by atoms with Crippen molar-refractivity contribution in [1.82, 2.24) is 0 Å². The highest BCUT2D eigenvalue weighted by atomic mass is 32.3. The molecule has 0 aromatic heterocycles. The van der Waals surface area contributed by atoms with Crippen molar-refractivity contribution in [2.45, 2.75) is 12.3 Å². The molecule has 0 bridgehead atoms. The summed E-state index contributed by atoms with van der Waals surface area (Å²) in [6.07, 6.45) is -9.05. The number of carboxylic acids is 1. The number of halogens is 5. The Hall–Kier alpha value is -0.970. The van der Waals surface area contributed by atoms with Gasteiger partial charge in [0.05, 0.1) is 0 Å². The van der Waals surface area contributed by atoms with E-state index in [-0.39, 0.29) is 0 Å². The lowest BCUT2D eigenvalue weighted by atomic mass is 10.4. The molecular weight excluding hydrogens is 243 g/mol. The van der Waals surface area contributed by atoms with Gasteiger partial charge in [0, 0.05) is 0 Å². The van der Waals surface area contributed by atoms with Crippen molar-refractivity contribution < 1.29 is 44.3 Å². The Labute approximate surface area is 74.2 Å². The maximum absolute atomic E-state index is 11.3. The van der Waals surface area contributed by atoms with E-state index in [2.05, 4.69) is 0 Å². The van der Waals surface area contributed by atoms with Crippen LogP contribution in [0.1, 0.15) is 0 Å². The largest absolute Gasteiger partial charge is 0.479 e. The van der Waals surface area contributed by atoms with Gasteiger partial charge in [0.15, 0.2) is 0 Å². The summed E-state index contributed by atoms with van der Waals surface area (Å²) in [4.78, 5) is 9.25. The first-order valence-electron chi connectivity index (χ1n) is 2.46. The van der Waals surface area contributed by atoms with Crippen molar-refractivity contribution in [2.24, 2.45) is 0 Å². The van der Waals surface area contributed by atoms with Gasteiger partial charge < -0.3 is 5.11 Å². The zero-order valence-electron chi connectivity index (χ0n) is 5.99. The molecule has 14 heavy (non-hydrogen) atoms. The fourth-order valence-corrected chi connectivity index (χ4v) is 0.140. The van der Waals surface area contributed by atoms with Crippen LogP contribution in [0.25, 0.3) is 0 Å². The Balaban J connectivity index is 0. The Morgan fingerprint density at radius 1 is 1.29 bits per heavy atom. The first kappa shape index (κ1) is 15.5. The van der Waals surface area contributed by atoms with Crippen LogP contribution in [0.3, 0.4) is 0 Å². The Morgan fingerprint density at radius 3 is 1.50 bits per heavy atom. The average Bonchev–Trinajstić information content (AvgIpc) is 1.79. The lowest BCUT2D eigenvalue weighted by Gasteiger charge is -2.05. The number of rotatable bonds is 1. The molecule has 0 rings (SSSR count). The van der Waals surface area contributed by atoms with Crippen LogP contribution in [0.2, 0.25) is 0 Å². The molecule has 1 atom stereocenters. The van der Waals surface area contributed by atoms with Gasteiger partial charge in [-0.3, -0.25) is 4.55 Å². The molecule has 11 heteroatoms. The molecule has 86 valence electrons. The SMILES string of the molecule is O=C(O)C(F)C(F)(F)F.O=S(=O)(O)F. The second-order valence-electron chi connectivity index (χ2n) is 1.65. The normalized spacial score (nSPS) is 13.9. The van der Waals surface area contributed by atoms with Gasteiger partial charge >= 0.3 is 22.6 Å². The van der Waals surface area contributed by atoms with E-state index in [0.29, 0.717) is 0 Å². The molecule has 0 aliphatic rings. The predicted molar refractivity (Wildman–Crippen MR) is 31.2 cm³/mol. The molecule has 1 unspecified atom stereocenters. The first-order valence-corrected chi connectivity index (χ1v) is 3.80. The number of hydrogen-bond donors (Lipinski definition) is 2. The van der Waals surface area contributed by atoms with E-state index in [1.165, 1.54) is 0 Å². The van der Waals surface area contributed by atoms with Gasteiger partial charge in [-0.15, -0.1) is 0 Å². The summed E-state index contributed by atoms with van der Waals surface area (Å²) < 4.78 is 78.2. The summed E-state index contributed by atoms with van der Waals surface area (Å²) in [6, 6.07) is 0. The molecule has 0 aromatic rings. The van der Waals surface area contributed by atoms with Crippen LogP contribution in [0.4, 0.5) is 21.4 Å². The molecule has 0 amide bonds. The summed E-state index contributed by atoms with van der Waals surface area (Å²) in [7, 11) is -5.17. The molecule has 0 saturated heterocycles. The summed E-state index contributed by atoms with van der Waals surface area (Å²) in [5, 5.41) is 7.42.